The van der Waals surface area contributed by atoms with E-state index in [9.17, 15) is 14.4 Å². The third-order valence-corrected chi connectivity index (χ3v) is 5.18. The molecule has 2 aliphatic rings. The lowest BCUT2D eigenvalue weighted by molar-refractivity contribution is -0.122. The summed E-state index contributed by atoms with van der Waals surface area (Å²) in [4.78, 5) is 38.9. The molecule has 2 aromatic rings. The van der Waals surface area contributed by atoms with Crippen LogP contribution in [-0.4, -0.2) is 47.8 Å². The predicted molar refractivity (Wildman–Crippen MR) is 111 cm³/mol. The van der Waals surface area contributed by atoms with E-state index in [1.54, 1.807) is 42.5 Å². The maximum absolute atomic E-state index is 12.9. The monoisotopic (exact) mass is 417 g/mol. The summed E-state index contributed by atoms with van der Waals surface area (Å²) in [5, 5.41) is 12.2. The van der Waals surface area contributed by atoms with Gasteiger partial charge in [0.2, 0.25) is 5.54 Å². The standard InChI is InChI=1S/C22H19N5O4/c1-31-16-7-6-15-11-27(19(28)17(15)10-16)12-22(20(29)25-21(30)26-22)9-8-13-2-4-14(5-3-13)18(23)24/h2-7,10H,11-12H2,1H3,(H3,23,24)(H2,25,26,29,30). The lowest BCUT2D eigenvalue weighted by atomic mass is 9.99. The second-order valence-electron chi connectivity index (χ2n) is 7.24. The number of amidine groups is 1. The van der Waals surface area contributed by atoms with Crippen LogP contribution in [0.4, 0.5) is 4.79 Å². The Kier molecular flexibility index (Phi) is 4.83. The van der Waals surface area contributed by atoms with Crippen LogP contribution in [0.15, 0.2) is 42.5 Å². The maximum Gasteiger partial charge on any atom is 0.323 e. The van der Waals surface area contributed by atoms with Crippen molar-refractivity contribution in [3.8, 4) is 17.6 Å². The van der Waals surface area contributed by atoms with E-state index < -0.39 is 17.5 Å². The van der Waals surface area contributed by atoms with Crippen molar-refractivity contribution in [2.24, 2.45) is 5.73 Å². The van der Waals surface area contributed by atoms with Crippen molar-refractivity contribution in [3.05, 3.63) is 64.7 Å². The molecular weight excluding hydrogens is 398 g/mol. The van der Waals surface area contributed by atoms with Crippen molar-refractivity contribution in [1.29, 1.82) is 5.41 Å². The number of benzene rings is 2. The average Bonchev–Trinajstić information content (AvgIpc) is 3.21. The lowest BCUT2D eigenvalue weighted by Gasteiger charge is -2.26. The molecule has 1 fully saturated rings. The third kappa shape index (κ3) is 3.67. The van der Waals surface area contributed by atoms with E-state index in [2.05, 4.69) is 22.5 Å². The first kappa shape index (κ1) is 20.0. The number of hydrogen-bond donors (Lipinski definition) is 4. The second-order valence-corrected chi connectivity index (χ2v) is 7.24. The molecule has 0 radical (unpaired) electrons. The number of ether oxygens (including phenoxy) is 1. The summed E-state index contributed by atoms with van der Waals surface area (Å²) in [5.41, 5.74) is 6.28. The highest BCUT2D eigenvalue weighted by atomic mass is 16.5. The zero-order valence-corrected chi connectivity index (χ0v) is 16.6. The van der Waals surface area contributed by atoms with E-state index in [0.717, 1.165) is 5.56 Å². The number of nitrogens with one attached hydrogen (secondary N) is 3. The summed E-state index contributed by atoms with van der Waals surface area (Å²) in [6, 6.07) is 11.1. The van der Waals surface area contributed by atoms with Gasteiger partial charge in [0, 0.05) is 23.2 Å². The quantitative estimate of drug-likeness (QED) is 0.249. The minimum atomic E-state index is -1.59. The largest absolute Gasteiger partial charge is 0.497 e. The molecule has 9 nitrogen and oxygen atoms in total. The Labute approximate surface area is 178 Å². The maximum atomic E-state index is 12.9. The predicted octanol–water partition coefficient (Wildman–Crippen LogP) is 0.565. The van der Waals surface area contributed by atoms with Crippen LogP contribution in [0.5, 0.6) is 5.75 Å². The first-order valence-electron chi connectivity index (χ1n) is 9.39. The molecule has 4 rings (SSSR count). The number of amides is 4. The number of hydrogen-bond acceptors (Lipinski definition) is 5. The van der Waals surface area contributed by atoms with Crippen LogP contribution in [0.2, 0.25) is 0 Å². The topological polar surface area (TPSA) is 138 Å². The summed E-state index contributed by atoms with van der Waals surface area (Å²) in [7, 11) is 1.52. The van der Waals surface area contributed by atoms with Gasteiger partial charge in [0.05, 0.1) is 13.7 Å². The molecule has 156 valence electrons. The van der Waals surface area contributed by atoms with Crippen LogP contribution >= 0.6 is 0 Å². The van der Waals surface area contributed by atoms with Gasteiger partial charge in [-0.15, -0.1) is 0 Å². The highest BCUT2D eigenvalue weighted by Gasteiger charge is 2.48. The fourth-order valence-corrected chi connectivity index (χ4v) is 3.52. The average molecular weight is 417 g/mol. The highest BCUT2D eigenvalue weighted by molar-refractivity contribution is 6.10. The molecule has 2 heterocycles. The molecule has 0 bridgehead atoms. The normalized spacial score (nSPS) is 19.3. The number of fused-ring (bicyclic) bond motifs is 1. The van der Waals surface area contributed by atoms with Crippen LogP contribution in [0.1, 0.15) is 27.0 Å². The highest BCUT2D eigenvalue weighted by Crippen LogP contribution is 2.28. The van der Waals surface area contributed by atoms with Crippen molar-refractivity contribution in [2.45, 2.75) is 12.1 Å². The Balaban J connectivity index is 1.63. The number of carbonyl (C=O) groups is 3. The fourth-order valence-electron chi connectivity index (χ4n) is 3.52. The zero-order chi connectivity index (χ0) is 22.2. The lowest BCUT2D eigenvalue weighted by Crippen LogP contribution is -2.54. The summed E-state index contributed by atoms with van der Waals surface area (Å²) in [6.45, 7) is 0.178. The molecule has 0 aliphatic carbocycles. The van der Waals surface area contributed by atoms with Gasteiger partial charge in [-0.25, -0.2) is 4.79 Å². The van der Waals surface area contributed by atoms with Crippen molar-refractivity contribution in [3.63, 3.8) is 0 Å². The molecule has 2 aromatic carbocycles. The Morgan fingerprint density at radius 1 is 1.23 bits per heavy atom. The number of nitrogens with zero attached hydrogens (tertiary/aromatic N) is 1. The summed E-state index contributed by atoms with van der Waals surface area (Å²) in [5.74, 6) is 5.32. The van der Waals surface area contributed by atoms with Gasteiger partial charge in [-0.3, -0.25) is 20.3 Å². The molecule has 1 unspecified atom stereocenters. The molecule has 31 heavy (non-hydrogen) atoms. The van der Waals surface area contributed by atoms with Gasteiger partial charge in [-0.1, -0.05) is 30.0 Å². The van der Waals surface area contributed by atoms with Crippen LogP contribution < -0.4 is 21.1 Å². The third-order valence-electron chi connectivity index (χ3n) is 5.18. The molecule has 9 heteroatoms. The Morgan fingerprint density at radius 3 is 2.58 bits per heavy atom. The van der Waals surface area contributed by atoms with Crippen LogP contribution in [0.25, 0.3) is 0 Å². The number of carbonyl (C=O) groups excluding carboxylic acids is 3. The minimum Gasteiger partial charge on any atom is -0.497 e. The van der Waals surface area contributed by atoms with Gasteiger partial charge < -0.3 is 20.7 Å². The summed E-state index contributed by atoms with van der Waals surface area (Å²) < 4.78 is 5.18. The van der Waals surface area contributed by atoms with Gasteiger partial charge in [-0.2, -0.15) is 0 Å². The summed E-state index contributed by atoms with van der Waals surface area (Å²) >= 11 is 0. The molecule has 1 saturated heterocycles. The van der Waals surface area contributed by atoms with Crippen LogP contribution in [0, 0.1) is 17.3 Å². The Morgan fingerprint density at radius 2 is 1.97 bits per heavy atom. The van der Waals surface area contributed by atoms with E-state index in [-0.39, 0.29) is 24.8 Å². The number of nitrogen functional groups attached to an aromatic ring is 1. The van der Waals surface area contributed by atoms with E-state index in [1.165, 1.54) is 12.0 Å². The number of rotatable bonds is 4. The molecule has 2 aliphatic heterocycles. The zero-order valence-electron chi connectivity index (χ0n) is 16.6. The van der Waals surface area contributed by atoms with Gasteiger partial charge in [-0.05, 0) is 29.8 Å². The number of methoxy groups -OCH3 is 1. The molecule has 0 aromatic heterocycles. The molecule has 0 spiro atoms. The van der Waals surface area contributed by atoms with Gasteiger partial charge in [0.15, 0.2) is 0 Å². The van der Waals surface area contributed by atoms with Crippen LogP contribution in [-0.2, 0) is 11.3 Å². The molecular formula is C22H19N5O4. The van der Waals surface area contributed by atoms with Crippen molar-refractivity contribution < 1.29 is 19.1 Å². The van der Waals surface area contributed by atoms with Gasteiger partial charge in [0.1, 0.15) is 11.6 Å². The number of urea groups is 1. The van der Waals surface area contributed by atoms with Gasteiger partial charge >= 0.3 is 6.03 Å². The van der Waals surface area contributed by atoms with Crippen molar-refractivity contribution in [1.82, 2.24) is 15.5 Å². The minimum absolute atomic E-state index is 0.0674. The fraction of sp³-hybridized carbons (Fsp3) is 0.182. The molecule has 5 N–H and O–H groups in total. The molecule has 1 atom stereocenters. The van der Waals surface area contributed by atoms with Crippen molar-refractivity contribution >= 4 is 23.7 Å². The smallest absolute Gasteiger partial charge is 0.323 e. The molecule has 4 amide bonds. The summed E-state index contributed by atoms with van der Waals surface area (Å²) in [6.07, 6.45) is 0. The second kappa shape index (κ2) is 7.50. The first-order chi connectivity index (χ1) is 14.8. The molecule has 0 saturated carbocycles. The van der Waals surface area contributed by atoms with E-state index in [4.69, 9.17) is 15.9 Å². The number of imide groups is 1. The Hall–Kier alpha value is -4.32. The van der Waals surface area contributed by atoms with Gasteiger partial charge in [0.25, 0.3) is 11.8 Å². The van der Waals surface area contributed by atoms with Crippen molar-refractivity contribution in [2.75, 3.05) is 13.7 Å². The van der Waals surface area contributed by atoms with E-state index in [1.807, 2.05) is 0 Å². The SMILES string of the molecule is COc1ccc2c(c1)C(=O)N(CC1(C#Cc3ccc(C(=N)N)cc3)NC(=O)NC1=O)C2. The number of nitrogens with two attached hydrogens (primary N) is 1. The first-order valence-corrected chi connectivity index (χ1v) is 9.39. The Bertz CT molecular complexity index is 1180. The van der Waals surface area contributed by atoms with E-state index >= 15 is 0 Å². The van der Waals surface area contributed by atoms with Crippen LogP contribution in [0.3, 0.4) is 0 Å². The van der Waals surface area contributed by atoms with E-state index in [0.29, 0.717) is 22.4 Å².